The normalized spacial score (nSPS) is 10.2. The van der Waals surface area contributed by atoms with Crippen molar-refractivity contribution in [3.63, 3.8) is 0 Å². The molecule has 23 heteroatoms. The molecule has 0 unspecified atom stereocenters. The number of thiazole rings is 2. The number of aliphatic hydroxyl groups excluding tert-OH is 3. The number of phenols is 1. The summed E-state index contributed by atoms with van der Waals surface area (Å²) in [5.41, 5.74) is 9.34. The van der Waals surface area contributed by atoms with E-state index in [0.717, 1.165) is 70.4 Å². The van der Waals surface area contributed by atoms with Gasteiger partial charge in [-0.3, -0.25) is 39.3 Å². The van der Waals surface area contributed by atoms with Crippen LogP contribution in [-0.2, 0) is 115 Å². The Balaban J connectivity index is 0.000000318. The molecule has 0 atom stereocenters. The molecule has 16 aromatic rings. The Morgan fingerprint density at radius 3 is 1.35 bits per heavy atom. The second-order valence-electron chi connectivity index (χ2n) is 21.8. The molecule has 0 amide bonds. The van der Waals surface area contributed by atoms with E-state index in [1.165, 1.54) is 79.9 Å². The Morgan fingerprint density at radius 2 is 0.880 bits per heavy atom. The molecule has 0 aliphatic heterocycles. The number of carbonyl (C=O) groups is 3. The van der Waals surface area contributed by atoms with E-state index in [-0.39, 0.29) is 141 Å². The van der Waals surface area contributed by atoms with Crippen molar-refractivity contribution in [3.05, 3.63) is 333 Å². The molecule has 108 heavy (non-hydrogen) atoms. The van der Waals surface area contributed by atoms with Gasteiger partial charge in [-0.1, -0.05) is 101 Å². The molecule has 16 rings (SSSR count). The number of aromatic hydroxyl groups is 1. The summed E-state index contributed by atoms with van der Waals surface area (Å²) < 4.78 is 13.2. The SMILES string of the molecule is CC(=O)C=C(C)O.CC(=O)C=C(C)O.CC(=O)C=C(C)O.Oc1cccc2cccnc12.[Ir].[Ir].[Ir].[Ir].[Ir].[c-]1ccccc1-c1cc2ccccc2cn1.[c-]1ccccc1-c1nc2ccccc2o1.[c-]1ccccc1-c1nc2ccccc2s1.[c-]1ccccc1-c1ncco1.[c-]1ccsc1-c1nc2ccccc2s1. The maximum atomic E-state index is 10.0. The second kappa shape index (κ2) is 50.3. The van der Waals surface area contributed by atoms with Crippen LogP contribution in [0.25, 0.3) is 108 Å². The molecule has 561 valence electrons. The summed E-state index contributed by atoms with van der Waals surface area (Å²) in [6.45, 7) is 8.54. The Morgan fingerprint density at radius 1 is 0.417 bits per heavy atom. The quantitative estimate of drug-likeness (QED) is 0.0629. The van der Waals surface area contributed by atoms with E-state index in [1.807, 2.05) is 206 Å². The van der Waals surface area contributed by atoms with Crippen molar-refractivity contribution in [1.82, 2.24) is 29.9 Å². The molecule has 5 radical (unpaired) electrons. The van der Waals surface area contributed by atoms with E-state index in [0.29, 0.717) is 17.3 Å². The first-order valence-electron chi connectivity index (χ1n) is 31.8. The summed E-state index contributed by atoms with van der Waals surface area (Å²) in [4.78, 5) is 57.2. The van der Waals surface area contributed by atoms with E-state index in [1.54, 1.807) is 64.8 Å². The number of hydrogen-bond donors (Lipinski definition) is 4. The Hall–Kier alpha value is -9.36. The minimum atomic E-state index is -0.125. The van der Waals surface area contributed by atoms with E-state index >= 15 is 0 Å². The van der Waals surface area contributed by atoms with Crippen LogP contribution in [0.15, 0.2) is 311 Å². The third-order valence-corrected chi connectivity index (χ3v) is 16.3. The van der Waals surface area contributed by atoms with Crippen LogP contribution in [0.3, 0.4) is 0 Å². The van der Waals surface area contributed by atoms with Gasteiger partial charge in [-0.25, -0.2) is 11.3 Å². The molecule has 0 aliphatic rings. The summed E-state index contributed by atoms with van der Waals surface area (Å²) in [6, 6.07) is 92.3. The molecule has 15 nitrogen and oxygen atoms in total. The molecule has 0 bridgehead atoms. The Kier molecular flexibility index (Phi) is 43.2. The minimum absolute atomic E-state index is 0. The molecule has 4 N–H and O–H groups in total. The molecule has 9 aromatic carbocycles. The first kappa shape index (κ1) is 92.8. The van der Waals surface area contributed by atoms with E-state index < -0.39 is 0 Å². The predicted molar refractivity (Wildman–Crippen MR) is 415 cm³/mol. The molecule has 7 aromatic heterocycles. The van der Waals surface area contributed by atoms with Crippen LogP contribution < -0.4 is 0 Å². The Bertz CT molecular complexity index is 5090. The van der Waals surface area contributed by atoms with Crippen LogP contribution >= 0.6 is 34.0 Å². The van der Waals surface area contributed by atoms with Gasteiger partial charge in [0.2, 0.25) is 0 Å². The Labute approximate surface area is 706 Å². The van der Waals surface area contributed by atoms with Gasteiger partial charge in [0.1, 0.15) is 28.6 Å². The zero-order valence-corrected chi connectivity index (χ0v) is 73.0. The third-order valence-electron chi connectivity index (χ3n) is 13.3. The van der Waals surface area contributed by atoms with Crippen LogP contribution in [0.2, 0.25) is 0 Å². The fourth-order valence-corrected chi connectivity index (χ4v) is 11.6. The first-order valence-corrected chi connectivity index (χ1v) is 34.3. The largest absolute Gasteiger partial charge is 0.512 e. The van der Waals surface area contributed by atoms with Gasteiger partial charge in [-0.05, 0) is 107 Å². The first-order chi connectivity index (χ1) is 50.0. The number of para-hydroxylation sites is 5. The molecular weight excluding hydrogens is 2310 g/mol. The smallest absolute Gasteiger partial charge is 0.155 e. The number of allylic oxidation sites excluding steroid dienone is 6. The zero-order valence-electron chi connectivity index (χ0n) is 58.5. The number of rotatable bonds is 8. The minimum Gasteiger partial charge on any atom is -0.512 e. The van der Waals surface area contributed by atoms with Crippen molar-refractivity contribution in [3.8, 4) is 60.4 Å². The molecule has 0 aliphatic carbocycles. The van der Waals surface area contributed by atoms with Crippen molar-refractivity contribution in [2.24, 2.45) is 0 Å². The number of thiophene rings is 1. The molecule has 0 fully saturated rings. The van der Waals surface area contributed by atoms with E-state index in [2.05, 4.69) is 90.6 Å². The van der Waals surface area contributed by atoms with E-state index in [9.17, 15) is 19.5 Å². The van der Waals surface area contributed by atoms with Crippen molar-refractivity contribution in [1.29, 1.82) is 0 Å². The average Bonchev–Trinajstić information content (AvgIpc) is 1.55. The fraction of sp³-hybridized carbons (Fsp3) is 0.0706. The van der Waals surface area contributed by atoms with Crippen molar-refractivity contribution < 1.29 is 144 Å². The van der Waals surface area contributed by atoms with Crippen LogP contribution in [0.5, 0.6) is 5.75 Å². The number of benzene rings is 9. The van der Waals surface area contributed by atoms with Crippen molar-refractivity contribution in [2.75, 3.05) is 0 Å². The summed E-state index contributed by atoms with van der Waals surface area (Å²) >= 11 is 5.11. The summed E-state index contributed by atoms with van der Waals surface area (Å²) in [6.07, 6.45) is 10.2. The number of phenolic OH excluding ortho intramolecular Hbond substituents is 1. The van der Waals surface area contributed by atoms with Gasteiger partial charge < -0.3 is 34.2 Å². The number of fused-ring (bicyclic) bond motifs is 5. The standard InChI is InChI=1S/C15H10N.C13H8NO.C13H8NS.C11H6NS2.C9H7NO.C9H6NO.3C5H8O2.5Ir/c1-2-6-12(7-3-1)15-10-13-8-4-5-9-14(13)11-16-15;2*1-2-6-10(7-3-1)13-14-11-8-4-5-9-12(11)15-13;1-2-5-9-8(4-1)12-11(14-9)10-6-3-7-13-10;11-8-5-1-3-7-4-2-6-10-9(7)8;1-2-4-8(5-3-1)9-10-6-7-11-9;3*1-4(6)3-5(2)7;;;;;/h1-6,8-11H;2*1-6,8-9H;1-5,7H;1-6,11H;1-4,6-7H;3*3,6H,1-2H3;;;;;/q4*-1;;-1;;;;;;;;. The number of nitrogens with zero attached hydrogens (tertiary/aromatic N) is 6. The summed E-state index contributed by atoms with van der Waals surface area (Å²) in [5.74, 6) is 1.29. The van der Waals surface area contributed by atoms with Crippen molar-refractivity contribution >= 4 is 105 Å². The van der Waals surface area contributed by atoms with E-state index in [4.69, 9.17) is 24.2 Å². The van der Waals surface area contributed by atoms with Gasteiger partial charge in [-0.15, -0.1) is 138 Å². The van der Waals surface area contributed by atoms with Crippen LogP contribution in [0, 0.1) is 30.3 Å². The fourth-order valence-electron chi connectivity index (χ4n) is 8.99. The third kappa shape index (κ3) is 31.8. The number of aromatic nitrogens is 6. The van der Waals surface area contributed by atoms with Gasteiger partial charge in [0, 0.05) is 156 Å². The maximum absolute atomic E-state index is 10.0. The van der Waals surface area contributed by atoms with Crippen LogP contribution in [0.1, 0.15) is 41.5 Å². The number of oxazole rings is 2. The van der Waals surface area contributed by atoms with Crippen LogP contribution in [0.4, 0.5) is 0 Å². The number of hydrogen-bond acceptors (Lipinski definition) is 18. The van der Waals surface area contributed by atoms with Crippen molar-refractivity contribution in [2.45, 2.75) is 41.5 Å². The van der Waals surface area contributed by atoms with Gasteiger partial charge in [0.25, 0.3) is 0 Å². The van der Waals surface area contributed by atoms with Gasteiger partial charge in [0.05, 0.1) is 46.3 Å². The molecule has 0 saturated heterocycles. The number of pyridine rings is 2. The number of ketones is 3. The second-order valence-corrected chi connectivity index (χ2v) is 24.7. The van der Waals surface area contributed by atoms with Gasteiger partial charge in [0.15, 0.2) is 17.3 Å². The van der Waals surface area contributed by atoms with Gasteiger partial charge in [-0.2, -0.15) is 34.8 Å². The maximum Gasteiger partial charge on any atom is 0.155 e. The summed E-state index contributed by atoms with van der Waals surface area (Å²) in [7, 11) is 0. The average molecular weight is 2380 g/mol. The molecular formula is C85H69Ir5N6O9S3-5. The monoisotopic (exact) mass is 2380 g/mol. The predicted octanol–water partition coefficient (Wildman–Crippen LogP) is 21.8. The number of aliphatic hydroxyl groups is 3. The van der Waals surface area contributed by atoms with Gasteiger partial charge >= 0.3 is 0 Å². The van der Waals surface area contributed by atoms with Crippen LogP contribution in [-0.4, -0.2) is 67.7 Å². The molecule has 7 heterocycles. The molecule has 0 saturated carbocycles. The zero-order chi connectivity index (χ0) is 73.1. The topological polar surface area (TPSA) is 236 Å². The molecule has 0 spiro atoms. The number of carbonyl (C=O) groups excluding carboxylic acids is 3. The summed E-state index contributed by atoms with van der Waals surface area (Å²) in [5, 5.41) is 41.9.